The van der Waals surface area contributed by atoms with E-state index in [4.69, 9.17) is 5.73 Å². The molecule has 1 nitrogen and oxygen atoms in total. The Hall–Kier alpha value is -0.820. The average Bonchev–Trinajstić information content (AvgIpc) is 2.22. The molecule has 1 saturated carbocycles. The van der Waals surface area contributed by atoms with E-state index in [9.17, 15) is 0 Å². The van der Waals surface area contributed by atoms with Gasteiger partial charge in [0, 0.05) is 6.04 Å². The van der Waals surface area contributed by atoms with Gasteiger partial charge in [-0.05, 0) is 43.2 Å². The molecule has 0 amide bonds. The highest BCUT2D eigenvalue weighted by Gasteiger charge is 2.19. The quantitative estimate of drug-likeness (QED) is 0.785. The Morgan fingerprint density at radius 1 is 1.27 bits per heavy atom. The SMILES string of the molecule is Cc1ccccc1CC1CCCC(N)C1. The summed E-state index contributed by atoms with van der Waals surface area (Å²) in [6, 6.07) is 9.18. The van der Waals surface area contributed by atoms with Gasteiger partial charge < -0.3 is 5.73 Å². The molecule has 82 valence electrons. The van der Waals surface area contributed by atoms with E-state index in [0.29, 0.717) is 6.04 Å². The van der Waals surface area contributed by atoms with Gasteiger partial charge in [0.05, 0.1) is 0 Å². The smallest absolute Gasteiger partial charge is 0.00415 e. The van der Waals surface area contributed by atoms with Crippen molar-refractivity contribution in [2.24, 2.45) is 11.7 Å². The summed E-state index contributed by atoms with van der Waals surface area (Å²) in [6.07, 6.45) is 6.35. The van der Waals surface area contributed by atoms with E-state index in [2.05, 4.69) is 31.2 Å². The summed E-state index contributed by atoms with van der Waals surface area (Å²) in [5.74, 6) is 0.815. The summed E-state index contributed by atoms with van der Waals surface area (Å²) < 4.78 is 0. The highest BCUT2D eigenvalue weighted by molar-refractivity contribution is 5.26. The molecule has 0 spiro atoms. The molecule has 0 heterocycles. The third-order valence-corrected chi connectivity index (χ3v) is 3.59. The van der Waals surface area contributed by atoms with Crippen molar-refractivity contribution in [1.82, 2.24) is 0 Å². The molecule has 1 aromatic rings. The monoisotopic (exact) mass is 203 g/mol. The lowest BCUT2D eigenvalue weighted by molar-refractivity contribution is 0.320. The third-order valence-electron chi connectivity index (χ3n) is 3.59. The number of benzene rings is 1. The highest BCUT2D eigenvalue weighted by Crippen LogP contribution is 2.27. The summed E-state index contributed by atoms with van der Waals surface area (Å²) in [5, 5.41) is 0. The van der Waals surface area contributed by atoms with E-state index >= 15 is 0 Å². The number of hydrogen-bond donors (Lipinski definition) is 1. The van der Waals surface area contributed by atoms with Gasteiger partial charge in [-0.15, -0.1) is 0 Å². The van der Waals surface area contributed by atoms with Crippen LogP contribution in [0.5, 0.6) is 0 Å². The van der Waals surface area contributed by atoms with Gasteiger partial charge in [-0.25, -0.2) is 0 Å². The fourth-order valence-electron chi connectivity index (χ4n) is 2.67. The molecule has 1 aliphatic rings. The van der Waals surface area contributed by atoms with Gasteiger partial charge in [0.25, 0.3) is 0 Å². The first-order chi connectivity index (χ1) is 7.25. The maximum absolute atomic E-state index is 6.02. The molecule has 1 aliphatic carbocycles. The van der Waals surface area contributed by atoms with E-state index in [1.807, 2.05) is 0 Å². The lowest BCUT2D eigenvalue weighted by atomic mass is 9.82. The van der Waals surface area contributed by atoms with Crippen LogP contribution in [0.4, 0.5) is 0 Å². The molecule has 2 rings (SSSR count). The topological polar surface area (TPSA) is 26.0 Å². The molecule has 0 saturated heterocycles. The Bertz CT molecular complexity index is 319. The summed E-state index contributed by atoms with van der Waals surface area (Å²) in [6.45, 7) is 2.21. The predicted octanol–water partition coefficient (Wildman–Crippen LogP) is 3.06. The van der Waals surface area contributed by atoms with Crippen LogP contribution in [0, 0.1) is 12.8 Å². The molecule has 0 bridgehead atoms. The summed E-state index contributed by atoms with van der Waals surface area (Å²) in [4.78, 5) is 0. The van der Waals surface area contributed by atoms with Crippen LogP contribution in [0.25, 0.3) is 0 Å². The van der Waals surface area contributed by atoms with Crippen molar-refractivity contribution in [1.29, 1.82) is 0 Å². The Labute approximate surface area is 92.7 Å². The van der Waals surface area contributed by atoms with Crippen molar-refractivity contribution in [3.05, 3.63) is 35.4 Å². The molecule has 15 heavy (non-hydrogen) atoms. The van der Waals surface area contributed by atoms with Gasteiger partial charge in [-0.3, -0.25) is 0 Å². The second kappa shape index (κ2) is 4.80. The van der Waals surface area contributed by atoms with Crippen molar-refractivity contribution in [2.45, 2.75) is 45.1 Å². The molecule has 1 aromatic carbocycles. The molecule has 2 atom stereocenters. The minimum atomic E-state index is 0.452. The fourth-order valence-corrected chi connectivity index (χ4v) is 2.67. The van der Waals surface area contributed by atoms with E-state index in [-0.39, 0.29) is 0 Å². The van der Waals surface area contributed by atoms with Crippen molar-refractivity contribution in [2.75, 3.05) is 0 Å². The first-order valence-corrected chi connectivity index (χ1v) is 6.06. The maximum Gasteiger partial charge on any atom is 0.00415 e. The Morgan fingerprint density at radius 3 is 2.80 bits per heavy atom. The minimum Gasteiger partial charge on any atom is -0.328 e. The molecular weight excluding hydrogens is 182 g/mol. The van der Waals surface area contributed by atoms with Crippen LogP contribution in [0.15, 0.2) is 24.3 Å². The summed E-state index contributed by atoms with van der Waals surface area (Å²) in [7, 11) is 0. The van der Waals surface area contributed by atoms with Crippen LogP contribution in [-0.2, 0) is 6.42 Å². The third kappa shape index (κ3) is 2.82. The van der Waals surface area contributed by atoms with Gasteiger partial charge in [0.15, 0.2) is 0 Å². The second-order valence-corrected chi connectivity index (χ2v) is 4.92. The number of rotatable bonds is 2. The van der Waals surface area contributed by atoms with Crippen molar-refractivity contribution >= 4 is 0 Å². The standard InChI is InChI=1S/C14H21N/c1-11-5-2-3-7-13(11)9-12-6-4-8-14(15)10-12/h2-3,5,7,12,14H,4,6,8-10,15H2,1H3. The van der Waals surface area contributed by atoms with Crippen molar-refractivity contribution < 1.29 is 0 Å². The van der Waals surface area contributed by atoms with E-state index in [1.54, 1.807) is 0 Å². The lowest BCUT2D eigenvalue weighted by Crippen LogP contribution is -2.28. The van der Waals surface area contributed by atoms with Crippen molar-refractivity contribution in [3.63, 3.8) is 0 Å². The van der Waals surface area contributed by atoms with Crippen molar-refractivity contribution in [3.8, 4) is 0 Å². The largest absolute Gasteiger partial charge is 0.328 e. The molecule has 1 heteroatoms. The zero-order valence-corrected chi connectivity index (χ0v) is 9.58. The Balaban J connectivity index is 1.99. The molecule has 2 N–H and O–H groups in total. The average molecular weight is 203 g/mol. The van der Waals surface area contributed by atoms with Crippen LogP contribution < -0.4 is 5.73 Å². The zero-order valence-electron chi connectivity index (χ0n) is 9.58. The van der Waals surface area contributed by atoms with E-state index in [0.717, 1.165) is 5.92 Å². The Kier molecular flexibility index (Phi) is 3.42. The van der Waals surface area contributed by atoms with Crippen LogP contribution in [0.3, 0.4) is 0 Å². The summed E-state index contributed by atoms with van der Waals surface area (Å²) >= 11 is 0. The van der Waals surface area contributed by atoms with Gasteiger partial charge in [0.2, 0.25) is 0 Å². The van der Waals surface area contributed by atoms with Gasteiger partial charge >= 0.3 is 0 Å². The lowest BCUT2D eigenvalue weighted by Gasteiger charge is -2.27. The molecule has 2 unspecified atom stereocenters. The first-order valence-electron chi connectivity index (χ1n) is 6.06. The number of aryl methyl sites for hydroxylation is 1. The van der Waals surface area contributed by atoms with E-state index in [1.165, 1.54) is 43.2 Å². The first kappa shape index (κ1) is 10.7. The zero-order chi connectivity index (χ0) is 10.7. The van der Waals surface area contributed by atoms with Crippen LogP contribution >= 0.6 is 0 Å². The Morgan fingerprint density at radius 2 is 2.07 bits per heavy atom. The minimum absolute atomic E-state index is 0.452. The predicted molar refractivity (Wildman–Crippen MR) is 64.8 cm³/mol. The molecular formula is C14H21N. The molecule has 0 radical (unpaired) electrons. The summed E-state index contributed by atoms with van der Waals surface area (Å²) in [5.41, 5.74) is 8.96. The van der Waals surface area contributed by atoms with E-state index < -0.39 is 0 Å². The van der Waals surface area contributed by atoms with Crippen LogP contribution in [0.2, 0.25) is 0 Å². The number of hydrogen-bond acceptors (Lipinski definition) is 1. The van der Waals surface area contributed by atoms with Gasteiger partial charge in [-0.1, -0.05) is 37.1 Å². The molecule has 1 fully saturated rings. The highest BCUT2D eigenvalue weighted by atomic mass is 14.6. The fraction of sp³-hybridized carbons (Fsp3) is 0.571. The normalized spacial score (nSPS) is 26.5. The number of nitrogens with two attached hydrogens (primary N) is 1. The van der Waals surface area contributed by atoms with Crippen LogP contribution in [-0.4, -0.2) is 6.04 Å². The second-order valence-electron chi connectivity index (χ2n) is 4.92. The van der Waals surface area contributed by atoms with Gasteiger partial charge in [0.1, 0.15) is 0 Å². The maximum atomic E-state index is 6.02. The van der Waals surface area contributed by atoms with Crippen LogP contribution in [0.1, 0.15) is 36.8 Å². The molecule has 0 aromatic heterocycles. The van der Waals surface area contributed by atoms with Gasteiger partial charge in [-0.2, -0.15) is 0 Å². The molecule has 0 aliphatic heterocycles.